The normalized spacial score (nSPS) is 38.8. The van der Waals surface area contributed by atoms with E-state index in [9.17, 15) is 23.4 Å². The standard InChI is InChI=1S/C42H56N2O6S/c1-22(2)33-36(47)31-30-24(27-21-38(3,4)50-39(5,6)32(27)35(30)46)20-25-26-19-23-13-14-28-40(7,16-12-18-43(10)51(11,48)49)29(45)15-17-41(28,8)42(23,9)37(26)44(33)34(25)31/h12,16,20-21,23,28-29,32-33,35,45-46H,1,13-15,17-19H2,2-11H3/b16-12+/t23?,28-,29-,32?,33-,35+,40-,41-,42+/m0/s1. The number of carbonyl (C=O) groups is 1. The molecule has 2 fully saturated rings. The molecule has 9 atom stereocenters. The number of nitrogens with zero attached hydrogens (tertiary/aromatic N) is 2. The second-order valence-corrected chi connectivity index (χ2v) is 20.9. The van der Waals surface area contributed by atoms with Gasteiger partial charge >= 0.3 is 0 Å². The number of rotatable bonds is 5. The molecule has 2 aromatic rings. The van der Waals surface area contributed by atoms with Gasteiger partial charge in [0.05, 0.1) is 40.7 Å². The van der Waals surface area contributed by atoms with Crippen LogP contribution in [0.25, 0.3) is 16.5 Å². The van der Waals surface area contributed by atoms with Crippen LogP contribution in [0.2, 0.25) is 0 Å². The Labute approximate surface area is 303 Å². The van der Waals surface area contributed by atoms with E-state index in [2.05, 4.69) is 64.0 Å². The van der Waals surface area contributed by atoms with Gasteiger partial charge < -0.3 is 19.5 Å². The highest BCUT2D eigenvalue weighted by molar-refractivity contribution is 7.88. The number of benzene rings is 1. The molecule has 8 nitrogen and oxygen atoms in total. The van der Waals surface area contributed by atoms with E-state index in [0.717, 1.165) is 58.9 Å². The zero-order chi connectivity index (χ0) is 37.2. The zero-order valence-electron chi connectivity index (χ0n) is 32.1. The lowest BCUT2D eigenvalue weighted by Crippen LogP contribution is -2.62. The Morgan fingerprint density at radius 3 is 2.45 bits per heavy atom. The Morgan fingerprint density at radius 1 is 1.12 bits per heavy atom. The molecule has 6 aliphatic rings. The summed E-state index contributed by atoms with van der Waals surface area (Å²) in [6.45, 7) is 21.8. The molecule has 9 heteroatoms. The van der Waals surface area contributed by atoms with Crippen LogP contribution in [0.15, 0.2) is 36.4 Å². The number of likely N-dealkylation sites (N-methyl/N-ethyl adjacent to an activating group) is 1. The van der Waals surface area contributed by atoms with Gasteiger partial charge in [-0.15, -0.1) is 0 Å². The van der Waals surface area contributed by atoms with Gasteiger partial charge in [0.15, 0.2) is 5.78 Å². The maximum atomic E-state index is 14.9. The summed E-state index contributed by atoms with van der Waals surface area (Å²) in [5.41, 5.74) is 5.54. The summed E-state index contributed by atoms with van der Waals surface area (Å²) in [6, 6.07) is 1.74. The van der Waals surface area contributed by atoms with Crippen LogP contribution in [-0.2, 0) is 26.6 Å². The minimum Gasteiger partial charge on any atom is -0.392 e. The van der Waals surface area contributed by atoms with Gasteiger partial charge in [-0.1, -0.05) is 45.1 Å². The average molecular weight is 717 g/mol. The number of ether oxygens (including phenoxy) is 1. The molecule has 2 unspecified atom stereocenters. The van der Waals surface area contributed by atoms with Crippen LogP contribution in [-0.4, -0.2) is 70.4 Å². The maximum Gasteiger partial charge on any atom is 0.211 e. The summed E-state index contributed by atoms with van der Waals surface area (Å²) in [5.74, 6) is 0.243. The van der Waals surface area contributed by atoms with E-state index in [4.69, 9.17) is 4.74 Å². The number of aromatic nitrogens is 1. The monoisotopic (exact) mass is 716 g/mol. The second-order valence-electron chi connectivity index (χ2n) is 18.8. The number of fused-ring (bicyclic) bond motifs is 11. The van der Waals surface area contributed by atoms with Crippen LogP contribution < -0.4 is 0 Å². The van der Waals surface area contributed by atoms with Gasteiger partial charge in [0.1, 0.15) is 6.04 Å². The molecule has 0 spiro atoms. The third-order valence-electron chi connectivity index (χ3n) is 15.0. The van der Waals surface area contributed by atoms with Crippen LogP contribution in [0.5, 0.6) is 0 Å². The van der Waals surface area contributed by atoms with Gasteiger partial charge in [-0.3, -0.25) is 4.79 Å². The first-order valence-electron chi connectivity index (χ1n) is 18.8. The molecule has 3 heterocycles. The molecule has 1 aromatic heterocycles. The van der Waals surface area contributed by atoms with E-state index in [0.29, 0.717) is 17.9 Å². The number of aliphatic hydroxyl groups is 2. The third kappa shape index (κ3) is 4.39. The van der Waals surface area contributed by atoms with Crippen molar-refractivity contribution in [1.29, 1.82) is 0 Å². The van der Waals surface area contributed by atoms with Gasteiger partial charge in [0.2, 0.25) is 10.0 Å². The molecule has 4 aliphatic carbocycles. The minimum absolute atomic E-state index is 0.0184. The van der Waals surface area contributed by atoms with Crippen molar-refractivity contribution in [2.24, 2.45) is 28.6 Å². The number of Topliss-reactive ketones (excluding diaryl/α,β-unsaturated/α-hetero) is 1. The van der Waals surface area contributed by atoms with E-state index in [1.54, 1.807) is 7.05 Å². The maximum absolute atomic E-state index is 14.9. The number of hydrogen-bond acceptors (Lipinski definition) is 6. The number of aliphatic hydroxyl groups excluding tert-OH is 2. The molecule has 0 saturated heterocycles. The van der Waals surface area contributed by atoms with Crippen molar-refractivity contribution in [3.63, 3.8) is 0 Å². The molecular weight excluding hydrogens is 661 g/mol. The van der Waals surface area contributed by atoms with Crippen molar-refractivity contribution >= 4 is 32.3 Å². The summed E-state index contributed by atoms with van der Waals surface area (Å²) >= 11 is 0. The van der Waals surface area contributed by atoms with Crippen LogP contribution in [0.1, 0.15) is 126 Å². The number of sulfonamides is 1. The Kier molecular flexibility index (Phi) is 7.34. The molecule has 2 aliphatic heterocycles. The number of ketones is 1. The molecule has 276 valence electrons. The van der Waals surface area contributed by atoms with Crippen LogP contribution in [0, 0.1) is 28.6 Å². The SMILES string of the molecule is C=C(C)[C@H]1C(=O)c2c3c(cc4c5c(n1c24)[C@@]1(C)C(CC[C@H]2[C@](C)(/C=C/CN(C)S(C)(=O)=O)[C@@H](O)CC[C@@]21C)C5)C1=CC(C)(C)OC(C)(C)C1[C@@H]3O. The number of carbonyl (C=O) groups excluding carboxylic acids is 1. The smallest absolute Gasteiger partial charge is 0.211 e. The molecule has 0 radical (unpaired) electrons. The van der Waals surface area contributed by atoms with Crippen molar-refractivity contribution < 1.29 is 28.2 Å². The lowest BCUT2D eigenvalue weighted by molar-refractivity contribution is -0.145. The van der Waals surface area contributed by atoms with Crippen LogP contribution in [0.3, 0.4) is 0 Å². The number of allylic oxidation sites excluding steroid dienone is 1. The first-order valence-corrected chi connectivity index (χ1v) is 20.7. The van der Waals surface area contributed by atoms with E-state index in [1.807, 2.05) is 26.8 Å². The van der Waals surface area contributed by atoms with Gasteiger partial charge in [-0.05, 0) is 113 Å². The fraction of sp³-hybridized carbons (Fsp3) is 0.643. The minimum atomic E-state index is -3.33. The Balaban J connectivity index is 1.33. The highest BCUT2D eigenvalue weighted by atomic mass is 32.2. The van der Waals surface area contributed by atoms with Gasteiger partial charge in [-0.25, -0.2) is 12.7 Å². The van der Waals surface area contributed by atoms with Crippen molar-refractivity contribution in [1.82, 2.24) is 8.87 Å². The largest absolute Gasteiger partial charge is 0.392 e. The first kappa shape index (κ1) is 35.5. The zero-order valence-corrected chi connectivity index (χ0v) is 32.9. The molecule has 2 saturated carbocycles. The second kappa shape index (κ2) is 10.6. The summed E-state index contributed by atoms with van der Waals surface area (Å²) < 4.78 is 34.5. The lowest BCUT2D eigenvalue weighted by atomic mass is 9.40. The summed E-state index contributed by atoms with van der Waals surface area (Å²) in [5, 5.41) is 25.0. The summed E-state index contributed by atoms with van der Waals surface area (Å²) in [6.07, 6.45) is 10.4. The highest BCUT2D eigenvalue weighted by Gasteiger charge is 2.67. The van der Waals surface area contributed by atoms with Gasteiger partial charge in [-0.2, -0.15) is 0 Å². The number of hydrogen-bond donors (Lipinski definition) is 2. The molecule has 8 rings (SSSR count). The Bertz CT molecular complexity index is 2110. The summed E-state index contributed by atoms with van der Waals surface area (Å²) in [7, 11) is -1.75. The van der Waals surface area contributed by atoms with Gasteiger partial charge in [0, 0.05) is 47.0 Å². The molecule has 51 heavy (non-hydrogen) atoms. The predicted molar refractivity (Wildman–Crippen MR) is 201 cm³/mol. The predicted octanol–water partition coefficient (Wildman–Crippen LogP) is 7.04. The molecular formula is C42H56N2O6S. The molecule has 0 bridgehead atoms. The Hall–Kier alpha value is -2.56. The highest BCUT2D eigenvalue weighted by Crippen LogP contribution is 2.71. The summed E-state index contributed by atoms with van der Waals surface area (Å²) in [4.78, 5) is 14.9. The van der Waals surface area contributed by atoms with Crippen molar-refractivity contribution in [3.05, 3.63) is 64.4 Å². The van der Waals surface area contributed by atoms with Crippen molar-refractivity contribution in [2.45, 2.75) is 122 Å². The Morgan fingerprint density at radius 2 is 1.80 bits per heavy atom. The van der Waals surface area contributed by atoms with E-state index in [-0.39, 0.29) is 35.0 Å². The molecule has 2 N–H and O–H groups in total. The average Bonchev–Trinajstić information content (AvgIpc) is 3.67. The topological polar surface area (TPSA) is 109 Å². The van der Waals surface area contributed by atoms with E-state index in [1.165, 1.54) is 21.8 Å². The fourth-order valence-corrected chi connectivity index (χ4v) is 13.1. The molecule has 0 amide bonds. The quantitative estimate of drug-likeness (QED) is 0.322. The lowest BCUT2D eigenvalue weighted by Gasteiger charge is -2.64. The fourth-order valence-electron chi connectivity index (χ4n) is 12.7. The third-order valence-corrected chi connectivity index (χ3v) is 16.3. The van der Waals surface area contributed by atoms with Crippen LogP contribution in [0.4, 0.5) is 0 Å². The first-order chi connectivity index (χ1) is 23.5. The van der Waals surface area contributed by atoms with Gasteiger partial charge in [0.25, 0.3) is 0 Å². The molecule has 1 aromatic carbocycles. The van der Waals surface area contributed by atoms with Crippen molar-refractivity contribution in [2.75, 3.05) is 19.8 Å². The van der Waals surface area contributed by atoms with Crippen LogP contribution >= 0.6 is 0 Å². The van der Waals surface area contributed by atoms with E-state index >= 15 is 0 Å². The van der Waals surface area contributed by atoms with Crippen molar-refractivity contribution in [3.8, 4) is 0 Å². The van der Waals surface area contributed by atoms with E-state index < -0.39 is 44.9 Å².